The molecule has 0 amide bonds. The molecule has 2 heterocycles. The Morgan fingerprint density at radius 1 is 1.12 bits per heavy atom. The van der Waals surface area contributed by atoms with Gasteiger partial charge in [-0.3, -0.25) is 0 Å². The molecule has 0 spiro atoms. The highest BCUT2D eigenvalue weighted by molar-refractivity contribution is 5.96. The number of esters is 1. The van der Waals surface area contributed by atoms with E-state index < -0.39 is 5.97 Å². The van der Waals surface area contributed by atoms with Gasteiger partial charge in [-0.1, -0.05) is 18.2 Å². The molecule has 24 heavy (non-hydrogen) atoms. The zero-order valence-electron chi connectivity index (χ0n) is 12.5. The zero-order valence-corrected chi connectivity index (χ0v) is 12.5. The molecule has 4 rings (SSSR count). The van der Waals surface area contributed by atoms with Gasteiger partial charge in [0.15, 0.2) is 0 Å². The van der Waals surface area contributed by atoms with E-state index in [4.69, 9.17) is 9.47 Å². The lowest BCUT2D eigenvalue weighted by Crippen LogP contribution is -2.19. The molecule has 0 saturated heterocycles. The van der Waals surface area contributed by atoms with Gasteiger partial charge in [-0.2, -0.15) is 0 Å². The summed E-state index contributed by atoms with van der Waals surface area (Å²) in [5.41, 5.74) is 2.11. The molecule has 0 atom stereocenters. The van der Waals surface area contributed by atoms with Gasteiger partial charge in [-0.05, 0) is 46.8 Å². The Morgan fingerprint density at radius 2 is 1.96 bits per heavy atom. The fourth-order valence-electron chi connectivity index (χ4n) is 2.35. The van der Waals surface area contributed by atoms with E-state index in [9.17, 15) is 4.79 Å². The maximum Gasteiger partial charge on any atom is 0.342 e. The number of carbonyl (C=O) groups is 1. The fourth-order valence-corrected chi connectivity index (χ4v) is 2.35. The Bertz CT molecular complexity index is 902. The molecule has 0 N–H and O–H groups in total. The number of benzene rings is 2. The molecule has 3 aromatic rings. The Morgan fingerprint density at radius 3 is 2.75 bits per heavy atom. The van der Waals surface area contributed by atoms with Crippen molar-refractivity contribution < 1.29 is 14.3 Å². The Kier molecular flexibility index (Phi) is 3.51. The van der Waals surface area contributed by atoms with E-state index in [1.54, 1.807) is 30.3 Å². The van der Waals surface area contributed by atoms with Gasteiger partial charge in [-0.15, -0.1) is 5.10 Å². The molecular formula is C17H12N4O3. The van der Waals surface area contributed by atoms with Crippen molar-refractivity contribution in [3.05, 3.63) is 66.0 Å². The normalized spacial score (nSPS) is 12.8. The van der Waals surface area contributed by atoms with Crippen LogP contribution in [0.3, 0.4) is 0 Å². The van der Waals surface area contributed by atoms with Crippen molar-refractivity contribution in [1.29, 1.82) is 0 Å². The lowest BCUT2D eigenvalue weighted by Gasteiger charge is -2.16. The molecule has 0 bridgehead atoms. The summed E-state index contributed by atoms with van der Waals surface area (Å²) in [7, 11) is 0. The van der Waals surface area contributed by atoms with E-state index in [-0.39, 0.29) is 6.61 Å². The van der Waals surface area contributed by atoms with Crippen LogP contribution in [0.2, 0.25) is 0 Å². The van der Waals surface area contributed by atoms with Gasteiger partial charge in [0.2, 0.25) is 0 Å². The van der Waals surface area contributed by atoms with Gasteiger partial charge >= 0.3 is 5.97 Å². The number of ether oxygens (including phenoxy) is 2. The summed E-state index contributed by atoms with van der Waals surface area (Å²) in [6.07, 6.45) is 3.28. The second-order valence-electron chi connectivity index (χ2n) is 5.13. The van der Waals surface area contributed by atoms with Crippen LogP contribution in [0.4, 0.5) is 0 Å². The summed E-state index contributed by atoms with van der Waals surface area (Å²) >= 11 is 0. The number of para-hydroxylation sites is 1. The zero-order chi connectivity index (χ0) is 16.4. The molecule has 1 aliphatic rings. The maximum absolute atomic E-state index is 12.3. The highest BCUT2D eigenvalue weighted by Gasteiger charge is 2.18. The molecule has 0 aliphatic carbocycles. The molecule has 1 aromatic heterocycles. The monoisotopic (exact) mass is 320 g/mol. The minimum atomic E-state index is -0.431. The van der Waals surface area contributed by atoms with E-state index >= 15 is 0 Å². The lowest BCUT2D eigenvalue weighted by molar-refractivity contribution is -0.130. The summed E-state index contributed by atoms with van der Waals surface area (Å²) in [6.45, 7) is 0.193. The summed E-state index contributed by atoms with van der Waals surface area (Å²) in [6, 6.07) is 14.4. The topological polar surface area (TPSA) is 79.1 Å². The van der Waals surface area contributed by atoms with Gasteiger partial charge in [-0.25, -0.2) is 9.48 Å². The summed E-state index contributed by atoms with van der Waals surface area (Å²) in [5, 5.41) is 10.9. The number of fused-ring (bicyclic) bond motifs is 1. The first-order valence-electron chi connectivity index (χ1n) is 7.27. The van der Waals surface area contributed by atoms with Gasteiger partial charge in [0.1, 0.15) is 24.4 Å². The largest absolute Gasteiger partial charge is 0.488 e. The number of carbonyl (C=O) groups excluding carboxylic acids is 1. The van der Waals surface area contributed by atoms with Crippen molar-refractivity contribution in [2.24, 2.45) is 0 Å². The SMILES string of the molecule is O=C(Oc1ccc(-n2cnnn2)cc1)C1=Cc2ccccc2OC1. The lowest BCUT2D eigenvalue weighted by atomic mass is 10.1. The van der Waals surface area contributed by atoms with Gasteiger partial charge in [0.05, 0.1) is 11.3 Å². The van der Waals surface area contributed by atoms with Crippen molar-refractivity contribution in [2.75, 3.05) is 6.61 Å². The first kappa shape index (κ1) is 14.1. The fraction of sp³-hybridized carbons (Fsp3) is 0.0588. The molecule has 1 aliphatic heterocycles. The van der Waals surface area contributed by atoms with Crippen LogP contribution in [0.5, 0.6) is 11.5 Å². The molecule has 2 aromatic carbocycles. The average Bonchev–Trinajstić information content (AvgIpc) is 3.16. The molecular weight excluding hydrogens is 308 g/mol. The molecule has 118 valence electrons. The first-order valence-corrected chi connectivity index (χ1v) is 7.27. The number of hydrogen-bond acceptors (Lipinski definition) is 6. The molecule has 7 nitrogen and oxygen atoms in total. The average molecular weight is 320 g/mol. The maximum atomic E-state index is 12.3. The van der Waals surface area contributed by atoms with E-state index in [0.29, 0.717) is 11.3 Å². The molecule has 0 saturated carbocycles. The van der Waals surface area contributed by atoms with E-state index in [1.807, 2.05) is 24.3 Å². The Balaban J connectivity index is 1.50. The predicted molar refractivity (Wildman–Crippen MR) is 84.7 cm³/mol. The minimum Gasteiger partial charge on any atom is -0.488 e. The number of aromatic nitrogens is 4. The number of hydrogen-bond donors (Lipinski definition) is 0. The van der Waals surface area contributed by atoms with Crippen LogP contribution in [0.25, 0.3) is 11.8 Å². The van der Waals surface area contributed by atoms with Crippen molar-refractivity contribution >= 4 is 12.0 Å². The quantitative estimate of drug-likeness (QED) is 0.543. The summed E-state index contributed by atoms with van der Waals surface area (Å²) in [4.78, 5) is 12.3. The second-order valence-corrected chi connectivity index (χ2v) is 5.13. The van der Waals surface area contributed by atoms with Gasteiger partial charge < -0.3 is 9.47 Å². The van der Waals surface area contributed by atoms with Crippen molar-refractivity contribution in [1.82, 2.24) is 20.2 Å². The standard InChI is InChI=1S/C17H12N4O3/c22-17(13-9-12-3-1-2-4-16(12)23-10-13)24-15-7-5-14(6-8-15)21-11-18-19-20-21/h1-9,11H,10H2. The van der Waals surface area contributed by atoms with Crippen molar-refractivity contribution in [3.63, 3.8) is 0 Å². The van der Waals surface area contributed by atoms with E-state index in [2.05, 4.69) is 15.5 Å². The van der Waals surface area contributed by atoms with Crippen LogP contribution < -0.4 is 9.47 Å². The van der Waals surface area contributed by atoms with Crippen molar-refractivity contribution in [2.45, 2.75) is 0 Å². The highest BCUT2D eigenvalue weighted by Crippen LogP contribution is 2.26. The third kappa shape index (κ3) is 2.74. The van der Waals surface area contributed by atoms with E-state index in [0.717, 1.165) is 17.0 Å². The number of tetrazole rings is 1. The molecule has 0 unspecified atom stereocenters. The smallest absolute Gasteiger partial charge is 0.342 e. The van der Waals surface area contributed by atoms with Crippen LogP contribution in [0.15, 0.2) is 60.4 Å². The van der Waals surface area contributed by atoms with Crippen molar-refractivity contribution in [3.8, 4) is 17.2 Å². The number of nitrogens with zero attached hydrogens (tertiary/aromatic N) is 4. The third-order valence-electron chi connectivity index (χ3n) is 3.55. The van der Waals surface area contributed by atoms with E-state index in [1.165, 1.54) is 11.0 Å². The van der Waals surface area contributed by atoms with Crippen LogP contribution in [-0.2, 0) is 4.79 Å². The van der Waals surface area contributed by atoms with Crippen LogP contribution in [0.1, 0.15) is 5.56 Å². The van der Waals surface area contributed by atoms with Gasteiger partial charge in [0.25, 0.3) is 0 Å². The molecule has 0 radical (unpaired) electrons. The highest BCUT2D eigenvalue weighted by atomic mass is 16.5. The first-order chi connectivity index (χ1) is 11.8. The molecule has 7 heteroatoms. The van der Waals surface area contributed by atoms with Crippen LogP contribution in [0, 0.1) is 0 Å². The molecule has 0 fully saturated rings. The van der Waals surface area contributed by atoms with Crippen LogP contribution >= 0.6 is 0 Å². The Labute approximate surface area is 137 Å². The van der Waals surface area contributed by atoms with Gasteiger partial charge in [0, 0.05) is 5.56 Å². The predicted octanol–water partition coefficient (Wildman–Crippen LogP) is 2.04. The summed E-state index contributed by atoms with van der Waals surface area (Å²) < 4.78 is 12.5. The number of rotatable bonds is 3. The second kappa shape index (κ2) is 5.96. The van der Waals surface area contributed by atoms with Crippen LogP contribution in [-0.4, -0.2) is 32.8 Å². The minimum absolute atomic E-state index is 0.193. The third-order valence-corrected chi connectivity index (χ3v) is 3.55. The Hall–Kier alpha value is -3.48. The summed E-state index contributed by atoms with van der Waals surface area (Å²) in [5.74, 6) is 0.774.